The molecular formula is C23H19NO5. The van der Waals surface area contributed by atoms with Crippen LogP contribution in [-0.4, -0.2) is 29.9 Å². The fourth-order valence-electron chi connectivity index (χ4n) is 2.60. The standard InChI is InChI=1S/C23H19NO5/c1-2-28-21-14-16(15-24-19-11-7-6-10-18(19)22(25)26)12-13-20(21)29-23(27)17-8-4-3-5-9-17/h3-15H,2H2,1H3,(H,25,26). The van der Waals surface area contributed by atoms with Crippen LogP contribution in [0.2, 0.25) is 0 Å². The van der Waals surface area contributed by atoms with Crippen LogP contribution in [0.25, 0.3) is 0 Å². The van der Waals surface area contributed by atoms with Gasteiger partial charge in [0.1, 0.15) is 0 Å². The highest BCUT2D eigenvalue weighted by molar-refractivity contribution is 5.95. The second kappa shape index (κ2) is 9.32. The number of carboxylic acids is 1. The van der Waals surface area contributed by atoms with Gasteiger partial charge in [0.25, 0.3) is 0 Å². The van der Waals surface area contributed by atoms with Gasteiger partial charge >= 0.3 is 11.9 Å². The average molecular weight is 389 g/mol. The first-order valence-electron chi connectivity index (χ1n) is 8.99. The number of carboxylic acid groups (broad SMARTS) is 1. The van der Waals surface area contributed by atoms with E-state index in [9.17, 15) is 14.7 Å². The van der Waals surface area contributed by atoms with Crippen molar-refractivity contribution in [2.45, 2.75) is 6.92 Å². The molecular weight excluding hydrogens is 370 g/mol. The zero-order chi connectivity index (χ0) is 20.6. The molecule has 146 valence electrons. The minimum Gasteiger partial charge on any atom is -0.490 e. The van der Waals surface area contributed by atoms with Crippen LogP contribution >= 0.6 is 0 Å². The van der Waals surface area contributed by atoms with Gasteiger partial charge in [-0.25, -0.2) is 9.59 Å². The number of aliphatic imine (C=N–C) groups is 1. The Labute approximate surface area is 168 Å². The van der Waals surface area contributed by atoms with E-state index in [1.165, 1.54) is 12.3 Å². The molecule has 0 amide bonds. The van der Waals surface area contributed by atoms with Gasteiger partial charge in [-0.15, -0.1) is 0 Å². The second-order valence-electron chi connectivity index (χ2n) is 5.98. The number of benzene rings is 3. The number of nitrogens with zero attached hydrogens (tertiary/aromatic N) is 1. The lowest BCUT2D eigenvalue weighted by atomic mass is 10.1. The fourth-order valence-corrected chi connectivity index (χ4v) is 2.60. The van der Waals surface area contributed by atoms with Gasteiger partial charge in [-0.05, 0) is 55.0 Å². The van der Waals surface area contributed by atoms with Crippen LogP contribution in [0.3, 0.4) is 0 Å². The van der Waals surface area contributed by atoms with Crippen LogP contribution in [0.5, 0.6) is 11.5 Å². The fraction of sp³-hybridized carbons (Fsp3) is 0.0870. The van der Waals surface area contributed by atoms with E-state index in [0.717, 1.165) is 0 Å². The quantitative estimate of drug-likeness (QED) is 0.358. The molecule has 0 saturated heterocycles. The second-order valence-corrected chi connectivity index (χ2v) is 5.98. The summed E-state index contributed by atoms with van der Waals surface area (Å²) in [5.41, 5.74) is 1.57. The molecule has 3 aromatic rings. The number of para-hydroxylation sites is 1. The Morgan fingerprint density at radius 3 is 2.41 bits per heavy atom. The van der Waals surface area contributed by atoms with E-state index < -0.39 is 11.9 Å². The Morgan fingerprint density at radius 2 is 1.69 bits per heavy atom. The Hall–Kier alpha value is -3.93. The molecule has 6 heteroatoms. The van der Waals surface area contributed by atoms with Gasteiger partial charge in [0.2, 0.25) is 0 Å². The highest BCUT2D eigenvalue weighted by Crippen LogP contribution is 2.29. The van der Waals surface area contributed by atoms with E-state index in [-0.39, 0.29) is 5.56 Å². The minimum absolute atomic E-state index is 0.113. The predicted octanol–water partition coefficient (Wildman–Crippen LogP) is 4.75. The molecule has 0 saturated carbocycles. The number of esters is 1. The summed E-state index contributed by atoms with van der Waals surface area (Å²) in [5, 5.41) is 9.25. The zero-order valence-corrected chi connectivity index (χ0v) is 15.7. The Kier molecular flexibility index (Phi) is 6.37. The van der Waals surface area contributed by atoms with Crippen molar-refractivity contribution in [2.75, 3.05) is 6.61 Å². The molecule has 0 unspecified atom stereocenters. The average Bonchev–Trinajstić information content (AvgIpc) is 2.74. The first kappa shape index (κ1) is 19.8. The maximum atomic E-state index is 12.3. The summed E-state index contributed by atoms with van der Waals surface area (Å²) in [6.07, 6.45) is 1.53. The van der Waals surface area contributed by atoms with Crippen molar-refractivity contribution in [2.24, 2.45) is 4.99 Å². The Bertz CT molecular complexity index is 1040. The monoisotopic (exact) mass is 389 g/mol. The van der Waals surface area contributed by atoms with Gasteiger partial charge in [-0.3, -0.25) is 4.99 Å². The number of rotatable bonds is 7. The number of aromatic carboxylic acids is 1. The van der Waals surface area contributed by atoms with Gasteiger partial charge in [-0.2, -0.15) is 0 Å². The third-order valence-corrected chi connectivity index (χ3v) is 3.97. The van der Waals surface area contributed by atoms with Crippen LogP contribution in [-0.2, 0) is 0 Å². The third kappa shape index (κ3) is 5.07. The summed E-state index contributed by atoms with van der Waals surface area (Å²) < 4.78 is 11.1. The molecule has 0 fully saturated rings. The Morgan fingerprint density at radius 1 is 0.966 bits per heavy atom. The van der Waals surface area contributed by atoms with E-state index >= 15 is 0 Å². The van der Waals surface area contributed by atoms with Crippen LogP contribution in [0.15, 0.2) is 77.8 Å². The maximum Gasteiger partial charge on any atom is 0.343 e. The molecule has 0 aliphatic carbocycles. The SMILES string of the molecule is CCOc1cc(C=Nc2ccccc2C(=O)O)ccc1OC(=O)c1ccccc1. The summed E-state index contributed by atoms with van der Waals surface area (Å²) in [6.45, 7) is 2.21. The van der Waals surface area contributed by atoms with Gasteiger partial charge in [-0.1, -0.05) is 30.3 Å². The Balaban J connectivity index is 1.84. The van der Waals surface area contributed by atoms with Gasteiger partial charge in [0.15, 0.2) is 11.5 Å². The van der Waals surface area contributed by atoms with Gasteiger partial charge in [0, 0.05) is 6.21 Å². The van der Waals surface area contributed by atoms with Crippen LogP contribution in [0.1, 0.15) is 33.2 Å². The summed E-state index contributed by atoms with van der Waals surface area (Å²) in [4.78, 5) is 27.9. The largest absolute Gasteiger partial charge is 0.490 e. The van der Waals surface area contributed by atoms with Crippen LogP contribution < -0.4 is 9.47 Å². The molecule has 29 heavy (non-hydrogen) atoms. The van der Waals surface area contributed by atoms with Crippen molar-refractivity contribution >= 4 is 23.8 Å². The molecule has 0 aromatic heterocycles. The molecule has 0 aliphatic heterocycles. The topological polar surface area (TPSA) is 85.2 Å². The molecule has 3 rings (SSSR count). The molecule has 3 aromatic carbocycles. The van der Waals surface area contributed by atoms with Gasteiger partial charge < -0.3 is 14.6 Å². The number of ether oxygens (including phenoxy) is 2. The minimum atomic E-state index is -1.05. The van der Waals surface area contributed by atoms with Crippen LogP contribution in [0.4, 0.5) is 5.69 Å². The lowest BCUT2D eigenvalue weighted by Gasteiger charge is -2.11. The molecule has 0 bridgehead atoms. The molecule has 0 aliphatic rings. The molecule has 0 atom stereocenters. The first-order valence-corrected chi connectivity index (χ1v) is 8.99. The van der Waals surface area contributed by atoms with Crippen molar-refractivity contribution in [3.8, 4) is 11.5 Å². The summed E-state index contributed by atoms with van der Waals surface area (Å²) in [6, 6.07) is 20.2. The van der Waals surface area contributed by atoms with Crippen molar-refractivity contribution in [3.63, 3.8) is 0 Å². The highest BCUT2D eigenvalue weighted by Gasteiger charge is 2.13. The molecule has 6 nitrogen and oxygen atoms in total. The number of hydrogen-bond donors (Lipinski definition) is 1. The number of hydrogen-bond acceptors (Lipinski definition) is 5. The summed E-state index contributed by atoms with van der Waals surface area (Å²) in [5.74, 6) is -0.838. The first-order chi connectivity index (χ1) is 14.1. The van der Waals surface area contributed by atoms with Crippen LogP contribution in [0, 0.1) is 0 Å². The van der Waals surface area contributed by atoms with Crippen molar-refractivity contribution < 1.29 is 24.2 Å². The van der Waals surface area contributed by atoms with E-state index in [2.05, 4.69) is 4.99 Å². The van der Waals surface area contributed by atoms with Crippen molar-refractivity contribution in [1.29, 1.82) is 0 Å². The predicted molar refractivity (Wildman–Crippen MR) is 110 cm³/mol. The van der Waals surface area contributed by atoms with Crippen molar-refractivity contribution in [3.05, 3.63) is 89.5 Å². The normalized spacial score (nSPS) is 10.7. The number of carbonyl (C=O) groups excluding carboxylic acids is 1. The lowest BCUT2D eigenvalue weighted by molar-refractivity contribution is 0.0695. The summed E-state index contributed by atoms with van der Waals surface area (Å²) in [7, 11) is 0. The van der Waals surface area contributed by atoms with E-state index in [1.54, 1.807) is 60.7 Å². The lowest BCUT2D eigenvalue weighted by Crippen LogP contribution is -2.09. The maximum absolute atomic E-state index is 12.3. The molecule has 0 radical (unpaired) electrons. The summed E-state index contributed by atoms with van der Waals surface area (Å²) >= 11 is 0. The molecule has 1 N–H and O–H groups in total. The third-order valence-electron chi connectivity index (χ3n) is 3.97. The smallest absolute Gasteiger partial charge is 0.343 e. The number of carbonyl (C=O) groups is 2. The molecule has 0 spiro atoms. The molecule has 0 heterocycles. The van der Waals surface area contributed by atoms with Gasteiger partial charge in [0.05, 0.1) is 23.4 Å². The van der Waals surface area contributed by atoms with E-state index in [1.807, 2.05) is 13.0 Å². The zero-order valence-electron chi connectivity index (χ0n) is 15.7. The van der Waals surface area contributed by atoms with E-state index in [4.69, 9.17) is 9.47 Å². The van der Waals surface area contributed by atoms with E-state index in [0.29, 0.717) is 34.9 Å². The van der Waals surface area contributed by atoms with Crippen molar-refractivity contribution in [1.82, 2.24) is 0 Å². The highest BCUT2D eigenvalue weighted by atomic mass is 16.6.